The summed E-state index contributed by atoms with van der Waals surface area (Å²) in [7, 11) is 1.49. The van der Waals surface area contributed by atoms with E-state index in [0.717, 1.165) is 17.3 Å². The number of ether oxygens (including phenoxy) is 1. The van der Waals surface area contributed by atoms with Gasteiger partial charge in [-0.15, -0.1) is 0 Å². The van der Waals surface area contributed by atoms with Crippen LogP contribution in [0.15, 0.2) is 72.8 Å². The summed E-state index contributed by atoms with van der Waals surface area (Å²) in [5, 5.41) is 1.02. The molecule has 2 atom stereocenters. The third-order valence-electron chi connectivity index (χ3n) is 5.05. The zero-order chi connectivity index (χ0) is 19.0. The molecule has 0 bridgehead atoms. The second kappa shape index (κ2) is 9.60. The van der Waals surface area contributed by atoms with Crippen LogP contribution in [0, 0.1) is 23.2 Å². The van der Waals surface area contributed by atoms with Gasteiger partial charge < -0.3 is 0 Å². The van der Waals surface area contributed by atoms with E-state index in [-0.39, 0.29) is 11.9 Å². The molecule has 3 heteroatoms. The Morgan fingerprint density at radius 1 is 1.11 bits per heavy atom. The van der Waals surface area contributed by atoms with Crippen molar-refractivity contribution in [1.82, 2.24) is 0 Å². The van der Waals surface area contributed by atoms with Gasteiger partial charge in [-0.25, -0.2) is 0 Å². The van der Waals surface area contributed by atoms with Crippen molar-refractivity contribution < 1.29 is 9.53 Å². The first-order chi connectivity index (χ1) is 13.2. The summed E-state index contributed by atoms with van der Waals surface area (Å²) in [4.78, 5) is 12.8. The minimum absolute atomic E-state index is 0.122. The van der Waals surface area contributed by atoms with Crippen LogP contribution in [0.2, 0.25) is 5.32 Å². The molecule has 1 aliphatic carbocycles. The summed E-state index contributed by atoms with van der Waals surface area (Å²) in [5.74, 6) is 6.63. The molecule has 0 saturated carbocycles. The molecule has 0 amide bonds. The standard InChI is InChI=1S/C24H24O2Se/c1-26-23(25)24(18-10-13-20-11-4-2-5-12-20)17-9-8-14-21(24)19-27-22-15-6-3-7-16-22/h2-9,11-12,15-16,21H,14,17-19H2,1H3/t21-,24+/m0/s1. The van der Waals surface area contributed by atoms with E-state index in [2.05, 4.69) is 48.3 Å². The Bertz CT molecular complexity index is 833. The first-order valence-corrected chi connectivity index (χ1v) is 11.3. The fraction of sp³-hybridized carbons (Fsp3) is 0.292. The van der Waals surface area contributed by atoms with Gasteiger partial charge in [0, 0.05) is 0 Å². The monoisotopic (exact) mass is 424 g/mol. The number of esters is 1. The van der Waals surface area contributed by atoms with Gasteiger partial charge in [-0.1, -0.05) is 0 Å². The fourth-order valence-electron chi connectivity index (χ4n) is 3.45. The van der Waals surface area contributed by atoms with Crippen molar-refractivity contribution >= 4 is 25.4 Å². The Kier molecular flexibility index (Phi) is 6.93. The van der Waals surface area contributed by atoms with Crippen molar-refractivity contribution in [2.45, 2.75) is 24.6 Å². The van der Waals surface area contributed by atoms with E-state index in [1.54, 1.807) is 0 Å². The normalized spacial score (nSPS) is 21.1. The predicted molar refractivity (Wildman–Crippen MR) is 111 cm³/mol. The molecule has 2 nitrogen and oxygen atoms in total. The van der Waals surface area contributed by atoms with Crippen molar-refractivity contribution in [3.05, 3.63) is 78.4 Å². The molecule has 0 radical (unpaired) electrons. The van der Waals surface area contributed by atoms with Gasteiger partial charge in [0.1, 0.15) is 0 Å². The molecule has 2 aromatic carbocycles. The van der Waals surface area contributed by atoms with Gasteiger partial charge in [0.15, 0.2) is 0 Å². The molecule has 0 N–H and O–H groups in total. The average Bonchev–Trinajstić information content (AvgIpc) is 2.74. The van der Waals surface area contributed by atoms with E-state index >= 15 is 0 Å². The quantitative estimate of drug-likeness (QED) is 0.315. The van der Waals surface area contributed by atoms with Crippen molar-refractivity contribution in [1.29, 1.82) is 0 Å². The summed E-state index contributed by atoms with van der Waals surface area (Å²) in [6.07, 6.45) is 6.48. The van der Waals surface area contributed by atoms with Crippen LogP contribution in [0.25, 0.3) is 0 Å². The number of rotatable bonds is 5. The van der Waals surface area contributed by atoms with Gasteiger partial charge >= 0.3 is 168 Å². The van der Waals surface area contributed by atoms with Gasteiger partial charge in [0.2, 0.25) is 0 Å². The molecule has 0 fully saturated rings. The third-order valence-corrected chi connectivity index (χ3v) is 7.51. The van der Waals surface area contributed by atoms with E-state index in [0.29, 0.717) is 27.8 Å². The van der Waals surface area contributed by atoms with E-state index in [9.17, 15) is 4.79 Å². The van der Waals surface area contributed by atoms with Gasteiger partial charge in [0.25, 0.3) is 0 Å². The summed E-state index contributed by atoms with van der Waals surface area (Å²) in [6, 6.07) is 20.5. The molecule has 1 aliphatic rings. The average molecular weight is 423 g/mol. The molecular weight excluding hydrogens is 399 g/mol. The van der Waals surface area contributed by atoms with E-state index in [1.165, 1.54) is 11.6 Å². The Morgan fingerprint density at radius 2 is 1.81 bits per heavy atom. The van der Waals surface area contributed by atoms with Crippen molar-refractivity contribution in [3.63, 3.8) is 0 Å². The van der Waals surface area contributed by atoms with Gasteiger partial charge in [0.05, 0.1) is 0 Å². The summed E-state index contributed by atoms with van der Waals surface area (Å²) in [5.41, 5.74) is 0.441. The number of carbonyl (C=O) groups is 1. The Hall–Kier alpha value is -2.27. The molecule has 0 heterocycles. The van der Waals surface area contributed by atoms with Gasteiger partial charge in [-0.2, -0.15) is 0 Å². The second-order valence-electron chi connectivity index (χ2n) is 6.72. The molecule has 0 spiro atoms. The number of hydrogen-bond donors (Lipinski definition) is 0. The van der Waals surface area contributed by atoms with Crippen LogP contribution in [-0.2, 0) is 9.53 Å². The summed E-state index contributed by atoms with van der Waals surface area (Å²) in [6.45, 7) is 0. The van der Waals surface area contributed by atoms with Crippen molar-refractivity contribution in [3.8, 4) is 11.8 Å². The van der Waals surface area contributed by atoms with Crippen LogP contribution in [-0.4, -0.2) is 28.0 Å². The summed E-state index contributed by atoms with van der Waals surface area (Å²) >= 11 is 0.337. The molecule has 0 aliphatic heterocycles. The number of allylic oxidation sites excluding steroid dienone is 2. The molecule has 2 aromatic rings. The molecule has 0 aromatic heterocycles. The van der Waals surface area contributed by atoms with Crippen LogP contribution in [0.1, 0.15) is 24.8 Å². The summed E-state index contributed by atoms with van der Waals surface area (Å²) < 4.78 is 6.61. The molecule has 0 saturated heterocycles. The Balaban J connectivity index is 1.80. The second-order valence-corrected chi connectivity index (χ2v) is 9.02. The van der Waals surface area contributed by atoms with Gasteiger partial charge in [-0.05, 0) is 0 Å². The number of methoxy groups -OCH3 is 1. The third kappa shape index (κ3) is 4.92. The zero-order valence-electron chi connectivity index (χ0n) is 15.6. The molecule has 3 rings (SSSR count). The van der Waals surface area contributed by atoms with E-state index in [1.807, 2.05) is 36.4 Å². The molecule has 138 valence electrons. The SMILES string of the molecule is COC(=O)[C@@]1(CC#Cc2ccccc2)CC=CC[C@H]1C[Se]c1ccccc1. The Labute approximate surface area is 168 Å². The van der Waals surface area contributed by atoms with E-state index < -0.39 is 5.41 Å². The first-order valence-electron chi connectivity index (χ1n) is 9.20. The maximum atomic E-state index is 12.8. The molecule has 0 unspecified atom stereocenters. The fourth-order valence-corrected chi connectivity index (χ4v) is 5.97. The number of hydrogen-bond acceptors (Lipinski definition) is 2. The Morgan fingerprint density at radius 3 is 2.52 bits per heavy atom. The minimum atomic E-state index is -0.540. The maximum absolute atomic E-state index is 12.8. The first kappa shape index (κ1) is 19.5. The van der Waals surface area contributed by atoms with Crippen LogP contribution >= 0.6 is 0 Å². The molecular formula is C24H24O2Se. The number of benzene rings is 2. The predicted octanol–water partition coefficient (Wildman–Crippen LogP) is 4.00. The van der Waals surface area contributed by atoms with E-state index in [4.69, 9.17) is 4.74 Å². The van der Waals surface area contributed by atoms with Crippen LogP contribution in [0.5, 0.6) is 0 Å². The van der Waals surface area contributed by atoms with Crippen LogP contribution in [0.4, 0.5) is 0 Å². The topological polar surface area (TPSA) is 26.3 Å². The zero-order valence-corrected chi connectivity index (χ0v) is 17.3. The van der Waals surface area contributed by atoms with Crippen molar-refractivity contribution in [2.75, 3.05) is 7.11 Å². The van der Waals surface area contributed by atoms with Gasteiger partial charge in [-0.3, -0.25) is 0 Å². The molecule has 27 heavy (non-hydrogen) atoms. The van der Waals surface area contributed by atoms with Crippen molar-refractivity contribution in [2.24, 2.45) is 11.3 Å². The van der Waals surface area contributed by atoms with Crippen LogP contribution < -0.4 is 4.46 Å². The van der Waals surface area contributed by atoms with Crippen LogP contribution in [0.3, 0.4) is 0 Å². The number of carbonyl (C=O) groups excluding carboxylic acids is 1.